The Labute approximate surface area is 204 Å². The summed E-state index contributed by atoms with van der Waals surface area (Å²) in [5.74, 6) is 0.835. The molecular formula is C26H30N4O3S. The van der Waals surface area contributed by atoms with Gasteiger partial charge < -0.3 is 19.9 Å². The van der Waals surface area contributed by atoms with Crippen LogP contribution in [0.2, 0.25) is 0 Å². The number of nitrogens with zero attached hydrogens (tertiary/aromatic N) is 2. The Morgan fingerprint density at radius 3 is 2.56 bits per heavy atom. The highest BCUT2D eigenvalue weighted by molar-refractivity contribution is 8.00. The standard InChI is InChI=1S/C24H24N4O3S.C2H6/c1-14-21(29)25-12-15-6-4-8-17(10-15)31-18-9-5-7-16(11-18)20-24(2,3)32-23-26-13-19(28(20)23)22(30)27-14;1-2/h4-11,13-14,20H,12H2,1-3H3,(H,25,29)(H,27,30);1-2H3. The molecule has 1 aromatic heterocycles. The molecule has 2 aliphatic rings. The first-order valence-corrected chi connectivity index (χ1v) is 12.3. The van der Waals surface area contributed by atoms with E-state index in [4.69, 9.17) is 4.74 Å². The molecule has 5 rings (SSSR count). The summed E-state index contributed by atoms with van der Waals surface area (Å²) in [5.41, 5.74) is 2.37. The fourth-order valence-corrected chi connectivity index (χ4v) is 5.50. The summed E-state index contributed by atoms with van der Waals surface area (Å²) in [6.07, 6.45) is 1.58. The third-order valence-corrected chi connectivity index (χ3v) is 7.02. The Hall–Kier alpha value is -3.26. The van der Waals surface area contributed by atoms with Gasteiger partial charge in [0.2, 0.25) is 5.91 Å². The maximum atomic E-state index is 13.1. The minimum Gasteiger partial charge on any atom is -0.457 e. The van der Waals surface area contributed by atoms with Crippen LogP contribution in [0.5, 0.6) is 11.5 Å². The van der Waals surface area contributed by atoms with Gasteiger partial charge in [0, 0.05) is 11.3 Å². The second kappa shape index (κ2) is 9.54. The van der Waals surface area contributed by atoms with Crippen molar-refractivity contribution in [3.05, 3.63) is 71.5 Å². The van der Waals surface area contributed by atoms with Crippen molar-refractivity contribution in [2.75, 3.05) is 0 Å². The molecule has 2 amide bonds. The number of imidazole rings is 1. The van der Waals surface area contributed by atoms with Crippen molar-refractivity contribution < 1.29 is 14.3 Å². The van der Waals surface area contributed by atoms with Gasteiger partial charge in [0.05, 0.1) is 12.2 Å². The van der Waals surface area contributed by atoms with E-state index in [1.165, 1.54) is 0 Å². The molecule has 2 N–H and O–H groups in total. The van der Waals surface area contributed by atoms with Crippen LogP contribution in [0, 0.1) is 0 Å². The Balaban J connectivity index is 0.00000133. The van der Waals surface area contributed by atoms with E-state index in [1.54, 1.807) is 24.9 Å². The summed E-state index contributed by atoms with van der Waals surface area (Å²) in [4.78, 5) is 30.2. The van der Waals surface area contributed by atoms with Gasteiger partial charge in [0.15, 0.2) is 5.16 Å². The van der Waals surface area contributed by atoms with Crippen molar-refractivity contribution in [3.63, 3.8) is 0 Å². The van der Waals surface area contributed by atoms with Gasteiger partial charge in [0.1, 0.15) is 23.2 Å². The summed E-state index contributed by atoms with van der Waals surface area (Å²) < 4.78 is 7.89. The van der Waals surface area contributed by atoms with Crippen molar-refractivity contribution in [3.8, 4) is 11.5 Å². The molecule has 34 heavy (non-hydrogen) atoms. The number of carbonyl (C=O) groups excluding carboxylic acids is 2. The number of hydrogen-bond acceptors (Lipinski definition) is 5. The van der Waals surface area contributed by atoms with Crippen LogP contribution in [0.25, 0.3) is 0 Å². The first-order valence-electron chi connectivity index (χ1n) is 11.5. The molecule has 3 heterocycles. The average Bonchev–Trinajstić information content (AvgIpc) is 3.32. The summed E-state index contributed by atoms with van der Waals surface area (Å²) >= 11 is 1.63. The molecule has 3 aromatic rings. The monoisotopic (exact) mass is 478 g/mol. The average molecular weight is 479 g/mol. The maximum Gasteiger partial charge on any atom is 0.270 e. The van der Waals surface area contributed by atoms with Gasteiger partial charge in [-0.25, -0.2) is 4.98 Å². The highest BCUT2D eigenvalue weighted by Gasteiger charge is 2.44. The van der Waals surface area contributed by atoms with Crippen LogP contribution in [0.1, 0.15) is 62.3 Å². The predicted molar refractivity (Wildman–Crippen MR) is 133 cm³/mol. The second-order valence-corrected chi connectivity index (χ2v) is 10.3. The van der Waals surface area contributed by atoms with Gasteiger partial charge in [-0.1, -0.05) is 49.9 Å². The number of fused-ring (bicyclic) bond motifs is 5. The van der Waals surface area contributed by atoms with E-state index < -0.39 is 6.04 Å². The van der Waals surface area contributed by atoms with E-state index >= 15 is 0 Å². The molecule has 0 radical (unpaired) electrons. The van der Waals surface area contributed by atoms with Crippen LogP contribution >= 0.6 is 11.8 Å². The highest BCUT2D eigenvalue weighted by atomic mass is 32.2. The Kier molecular flexibility index (Phi) is 6.70. The maximum absolute atomic E-state index is 13.1. The summed E-state index contributed by atoms with van der Waals surface area (Å²) in [6.45, 7) is 10.3. The number of nitrogens with one attached hydrogen (secondary N) is 2. The molecular weight excluding hydrogens is 448 g/mol. The lowest BCUT2D eigenvalue weighted by Crippen LogP contribution is -2.45. The molecule has 2 aromatic carbocycles. The van der Waals surface area contributed by atoms with Crippen LogP contribution < -0.4 is 15.4 Å². The molecule has 8 heteroatoms. The van der Waals surface area contributed by atoms with Gasteiger partial charge in [-0.15, -0.1) is 0 Å². The summed E-state index contributed by atoms with van der Waals surface area (Å²) in [6, 6.07) is 14.8. The van der Waals surface area contributed by atoms with Crippen LogP contribution in [0.4, 0.5) is 0 Å². The third-order valence-electron chi connectivity index (χ3n) is 5.78. The highest BCUT2D eigenvalue weighted by Crippen LogP contribution is 2.51. The zero-order valence-electron chi connectivity index (χ0n) is 20.1. The van der Waals surface area contributed by atoms with E-state index in [-0.39, 0.29) is 22.6 Å². The lowest BCUT2D eigenvalue weighted by molar-refractivity contribution is -0.122. The molecule has 178 valence electrons. The molecule has 0 fully saturated rings. The zero-order valence-corrected chi connectivity index (χ0v) is 20.9. The number of hydrogen-bond donors (Lipinski definition) is 2. The van der Waals surface area contributed by atoms with Crippen molar-refractivity contribution in [1.82, 2.24) is 20.2 Å². The largest absolute Gasteiger partial charge is 0.457 e. The third kappa shape index (κ3) is 4.55. The van der Waals surface area contributed by atoms with Crippen LogP contribution in [0.3, 0.4) is 0 Å². The zero-order chi connectivity index (χ0) is 24.5. The minimum absolute atomic E-state index is 0.127. The van der Waals surface area contributed by atoms with Crippen LogP contribution in [-0.2, 0) is 11.3 Å². The van der Waals surface area contributed by atoms with Crippen molar-refractivity contribution in [2.45, 2.75) is 63.2 Å². The molecule has 0 spiro atoms. The number of aromatic nitrogens is 2. The molecule has 0 saturated heterocycles. The number of amides is 2. The van der Waals surface area contributed by atoms with Crippen LogP contribution in [0.15, 0.2) is 59.9 Å². The first-order chi connectivity index (χ1) is 16.3. The summed E-state index contributed by atoms with van der Waals surface area (Å²) in [7, 11) is 0. The number of carbonyl (C=O) groups is 2. The van der Waals surface area contributed by atoms with Gasteiger partial charge in [-0.05, 0) is 56.2 Å². The molecule has 4 bridgehead atoms. The van der Waals surface area contributed by atoms with Gasteiger partial charge in [-0.3, -0.25) is 9.59 Å². The molecule has 0 aliphatic carbocycles. The normalized spacial score (nSPS) is 20.7. The van der Waals surface area contributed by atoms with Gasteiger partial charge in [-0.2, -0.15) is 0 Å². The van der Waals surface area contributed by atoms with E-state index in [0.717, 1.165) is 16.3 Å². The second-order valence-electron chi connectivity index (χ2n) is 8.64. The number of rotatable bonds is 0. The minimum atomic E-state index is -0.690. The summed E-state index contributed by atoms with van der Waals surface area (Å²) in [5, 5.41) is 6.48. The van der Waals surface area contributed by atoms with E-state index in [1.807, 2.05) is 66.9 Å². The van der Waals surface area contributed by atoms with Crippen molar-refractivity contribution in [2.24, 2.45) is 0 Å². The topological polar surface area (TPSA) is 85.2 Å². The molecule has 0 saturated carbocycles. The van der Waals surface area contributed by atoms with E-state index in [2.05, 4.69) is 29.5 Å². The smallest absolute Gasteiger partial charge is 0.270 e. The Bertz CT molecular complexity index is 1220. The van der Waals surface area contributed by atoms with E-state index in [0.29, 0.717) is 23.7 Å². The lowest BCUT2D eigenvalue weighted by atomic mass is 9.94. The number of thioether (sulfide) groups is 1. The van der Waals surface area contributed by atoms with Crippen LogP contribution in [-0.4, -0.2) is 32.2 Å². The first kappa shape index (κ1) is 23.9. The Morgan fingerprint density at radius 2 is 1.79 bits per heavy atom. The van der Waals surface area contributed by atoms with Gasteiger partial charge in [0.25, 0.3) is 5.91 Å². The fraction of sp³-hybridized carbons (Fsp3) is 0.346. The molecule has 2 aliphatic heterocycles. The number of benzene rings is 2. The number of ether oxygens (including phenoxy) is 1. The van der Waals surface area contributed by atoms with Crippen molar-refractivity contribution >= 4 is 23.6 Å². The van der Waals surface area contributed by atoms with Gasteiger partial charge >= 0.3 is 0 Å². The van der Waals surface area contributed by atoms with E-state index in [9.17, 15) is 9.59 Å². The SMILES string of the molecule is CC.CC1NC(=O)c2cnc3n2C(c2cccc(c2)Oc2cccc(c2)CNC1=O)C(C)(C)S3. The molecule has 7 nitrogen and oxygen atoms in total. The Morgan fingerprint density at radius 1 is 1.09 bits per heavy atom. The quantitative estimate of drug-likeness (QED) is 0.479. The molecule has 2 atom stereocenters. The fourth-order valence-electron chi connectivity index (χ4n) is 4.27. The van der Waals surface area contributed by atoms with Crippen molar-refractivity contribution in [1.29, 1.82) is 0 Å². The lowest BCUT2D eigenvalue weighted by Gasteiger charge is -2.28. The molecule has 2 unspecified atom stereocenters. The predicted octanol–water partition coefficient (Wildman–Crippen LogP) is 4.92.